The zero-order chi connectivity index (χ0) is 19.8. The summed E-state index contributed by atoms with van der Waals surface area (Å²) < 4.78 is 11.0. The van der Waals surface area contributed by atoms with Gasteiger partial charge in [0, 0.05) is 18.1 Å². The summed E-state index contributed by atoms with van der Waals surface area (Å²) in [6.45, 7) is 2.52. The van der Waals surface area contributed by atoms with Gasteiger partial charge in [-0.05, 0) is 49.8 Å². The third kappa shape index (κ3) is 3.62. The van der Waals surface area contributed by atoms with Crippen molar-refractivity contribution in [2.75, 3.05) is 13.1 Å². The second-order valence-corrected chi connectivity index (χ2v) is 8.04. The van der Waals surface area contributed by atoms with Gasteiger partial charge in [-0.2, -0.15) is 0 Å². The SMILES string of the molecule is Cc1onc(C(=O)N2C[C@H]3C[C@@H](Oc4cccc(Cl)c4)[C@H](O)C[C@H]3C2)c1CO. The molecule has 1 aromatic carbocycles. The Bertz CT molecular complexity index is 870. The van der Waals surface area contributed by atoms with Crippen molar-refractivity contribution in [1.82, 2.24) is 10.1 Å². The highest BCUT2D eigenvalue weighted by molar-refractivity contribution is 6.30. The molecule has 8 heteroatoms. The molecule has 1 saturated heterocycles. The van der Waals surface area contributed by atoms with Gasteiger partial charge in [-0.25, -0.2) is 0 Å². The van der Waals surface area contributed by atoms with Crippen LogP contribution in [-0.4, -0.2) is 51.5 Å². The Morgan fingerprint density at radius 1 is 1.36 bits per heavy atom. The highest BCUT2D eigenvalue weighted by atomic mass is 35.5. The molecule has 4 atom stereocenters. The van der Waals surface area contributed by atoms with E-state index in [0.717, 1.165) is 0 Å². The molecule has 0 radical (unpaired) electrons. The number of hydrogen-bond donors (Lipinski definition) is 2. The summed E-state index contributed by atoms with van der Waals surface area (Å²) >= 11 is 6.01. The second kappa shape index (κ2) is 7.73. The Hall–Kier alpha value is -2.09. The number of amides is 1. The van der Waals surface area contributed by atoms with E-state index in [9.17, 15) is 15.0 Å². The molecule has 1 aliphatic carbocycles. The number of fused-ring (bicyclic) bond motifs is 1. The van der Waals surface area contributed by atoms with Crippen LogP contribution in [0.4, 0.5) is 0 Å². The van der Waals surface area contributed by atoms with Crippen LogP contribution in [0, 0.1) is 18.8 Å². The van der Waals surface area contributed by atoms with E-state index in [0.29, 0.717) is 48.0 Å². The van der Waals surface area contributed by atoms with Gasteiger partial charge >= 0.3 is 0 Å². The number of hydrogen-bond acceptors (Lipinski definition) is 6. The van der Waals surface area contributed by atoms with Gasteiger partial charge in [0.1, 0.15) is 17.6 Å². The highest BCUT2D eigenvalue weighted by Crippen LogP contribution is 2.38. The van der Waals surface area contributed by atoms with E-state index in [1.165, 1.54) is 0 Å². The number of aryl methyl sites for hydroxylation is 1. The van der Waals surface area contributed by atoms with Gasteiger partial charge in [-0.3, -0.25) is 4.79 Å². The molecule has 1 amide bonds. The van der Waals surface area contributed by atoms with Crippen LogP contribution >= 0.6 is 11.6 Å². The molecular formula is C20H23ClN2O5. The third-order valence-electron chi connectivity index (χ3n) is 5.80. The quantitative estimate of drug-likeness (QED) is 0.809. The number of ether oxygens (including phenoxy) is 1. The summed E-state index contributed by atoms with van der Waals surface area (Å²) in [5, 5.41) is 24.5. The predicted molar refractivity (Wildman–Crippen MR) is 101 cm³/mol. The average Bonchev–Trinajstić information content (AvgIpc) is 3.24. The fraction of sp³-hybridized carbons (Fsp3) is 0.500. The van der Waals surface area contributed by atoms with Crippen LogP contribution < -0.4 is 4.74 Å². The van der Waals surface area contributed by atoms with Gasteiger partial charge in [0.05, 0.1) is 18.3 Å². The van der Waals surface area contributed by atoms with Crippen LogP contribution in [0.5, 0.6) is 5.75 Å². The van der Waals surface area contributed by atoms with Crippen molar-refractivity contribution >= 4 is 17.5 Å². The molecule has 1 saturated carbocycles. The summed E-state index contributed by atoms with van der Waals surface area (Å²) in [4.78, 5) is 14.6. The predicted octanol–water partition coefficient (Wildman–Crippen LogP) is 2.42. The van der Waals surface area contributed by atoms with E-state index < -0.39 is 6.10 Å². The smallest absolute Gasteiger partial charge is 0.276 e. The Morgan fingerprint density at radius 3 is 2.82 bits per heavy atom. The summed E-state index contributed by atoms with van der Waals surface area (Å²) in [5.74, 6) is 1.29. The zero-order valence-corrected chi connectivity index (χ0v) is 16.3. The van der Waals surface area contributed by atoms with Crippen molar-refractivity contribution in [1.29, 1.82) is 0 Å². The largest absolute Gasteiger partial charge is 0.488 e. The van der Waals surface area contributed by atoms with Gasteiger partial charge < -0.3 is 24.4 Å². The average molecular weight is 407 g/mol. The van der Waals surface area contributed by atoms with Crippen LogP contribution in [0.2, 0.25) is 5.02 Å². The highest BCUT2D eigenvalue weighted by Gasteiger charge is 2.44. The third-order valence-corrected chi connectivity index (χ3v) is 6.04. The Morgan fingerprint density at radius 2 is 2.11 bits per heavy atom. The van der Waals surface area contributed by atoms with E-state index in [4.69, 9.17) is 20.9 Å². The van der Waals surface area contributed by atoms with Crippen LogP contribution in [0.15, 0.2) is 28.8 Å². The molecule has 0 unspecified atom stereocenters. The maximum Gasteiger partial charge on any atom is 0.276 e. The minimum Gasteiger partial charge on any atom is -0.488 e. The van der Waals surface area contributed by atoms with Crippen molar-refractivity contribution in [2.45, 2.75) is 38.6 Å². The maximum absolute atomic E-state index is 12.9. The fourth-order valence-electron chi connectivity index (χ4n) is 4.29. The minimum absolute atomic E-state index is 0.172. The number of carbonyl (C=O) groups excluding carboxylic acids is 1. The molecule has 2 aliphatic rings. The Kier molecular flexibility index (Phi) is 5.31. The monoisotopic (exact) mass is 406 g/mol. The van der Waals surface area contributed by atoms with Gasteiger partial charge in [-0.1, -0.05) is 22.8 Å². The number of nitrogens with zero attached hydrogens (tertiary/aromatic N) is 2. The summed E-state index contributed by atoms with van der Waals surface area (Å²) in [6.07, 6.45) is 0.298. The number of halogens is 1. The molecule has 2 N–H and O–H groups in total. The number of aromatic nitrogens is 1. The molecule has 0 bridgehead atoms. The van der Waals surface area contributed by atoms with E-state index in [1.807, 2.05) is 12.1 Å². The number of benzene rings is 1. The number of carbonyl (C=O) groups is 1. The van der Waals surface area contributed by atoms with Crippen molar-refractivity contribution in [3.8, 4) is 5.75 Å². The van der Waals surface area contributed by atoms with Gasteiger partial charge in [0.2, 0.25) is 0 Å². The first-order valence-corrected chi connectivity index (χ1v) is 9.79. The molecule has 0 spiro atoms. The standard InChI is InChI=1S/C20H23ClN2O5/c1-11-16(10-24)19(22-28-11)20(26)23-8-12-5-17(25)18(6-13(12)9-23)27-15-4-2-3-14(21)7-15/h2-4,7,12-13,17-18,24-25H,5-6,8-10H2,1H3/t12-,13+,17+,18+/m0/s1. The lowest BCUT2D eigenvalue weighted by Gasteiger charge is -2.35. The molecule has 2 heterocycles. The van der Waals surface area contributed by atoms with Gasteiger partial charge in [0.25, 0.3) is 5.91 Å². The van der Waals surface area contributed by atoms with Gasteiger partial charge in [0.15, 0.2) is 5.69 Å². The molecule has 2 aromatic rings. The Balaban J connectivity index is 1.44. The topological polar surface area (TPSA) is 96.0 Å². The number of likely N-dealkylation sites (tertiary alicyclic amines) is 1. The fourth-order valence-corrected chi connectivity index (χ4v) is 4.47. The van der Waals surface area contributed by atoms with Crippen LogP contribution in [0.1, 0.15) is 34.7 Å². The summed E-state index contributed by atoms with van der Waals surface area (Å²) in [6, 6.07) is 7.13. The molecule has 7 nitrogen and oxygen atoms in total. The second-order valence-electron chi connectivity index (χ2n) is 7.61. The number of aliphatic hydroxyl groups excluding tert-OH is 2. The molecule has 1 aliphatic heterocycles. The molecule has 28 heavy (non-hydrogen) atoms. The van der Waals surface area contributed by atoms with Crippen molar-refractivity contribution in [2.24, 2.45) is 11.8 Å². The first-order chi connectivity index (χ1) is 13.5. The van der Waals surface area contributed by atoms with Crippen LogP contribution in [-0.2, 0) is 6.61 Å². The van der Waals surface area contributed by atoms with Crippen LogP contribution in [0.25, 0.3) is 0 Å². The number of aliphatic hydroxyl groups is 2. The van der Waals surface area contributed by atoms with E-state index in [-0.39, 0.29) is 36.1 Å². The maximum atomic E-state index is 12.9. The van der Waals surface area contributed by atoms with E-state index in [2.05, 4.69) is 5.16 Å². The zero-order valence-electron chi connectivity index (χ0n) is 15.5. The molecule has 1 aromatic heterocycles. The van der Waals surface area contributed by atoms with Crippen molar-refractivity contribution < 1.29 is 24.3 Å². The lowest BCUT2D eigenvalue weighted by Crippen LogP contribution is -2.42. The minimum atomic E-state index is -0.599. The number of rotatable bonds is 4. The summed E-state index contributed by atoms with van der Waals surface area (Å²) in [5.41, 5.74) is 0.605. The molecule has 2 fully saturated rings. The molecule has 150 valence electrons. The first kappa shape index (κ1) is 19.2. The van der Waals surface area contributed by atoms with Crippen molar-refractivity contribution in [3.05, 3.63) is 46.3 Å². The Labute approximate surface area is 167 Å². The summed E-state index contributed by atoms with van der Waals surface area (Å²) in [7, 11) is 0. The van der Waals surface area contributed by atoms with E-state index >= 15 is 0 Å². The lowest BCUT2D eigenvalue weighted by molar-refractivity contribution is -0.0231. The lowest BCUT2D eigenvalue weighted by atomic mass is 9.78. The molecular weight excluding hydrogens is 384 g/mol. The molecule has 4 rings (SSSR count). The van der Waals surface area contributed by atoms with Crippen LogP contribution in [0.3, 0.4) is 0 Å². The first-order valence-electron chi connectivity index (χ1n) is 9.41. The van der Waals surface area contributed by atoms with Gasteiger partial charge in [-0.15, -0.1) is 0 Å². The normalized spacial score (nSPS) is 26.9. The van der Waals surface area contributed by atoms with Crippen molar-refractivity contribution in [3.63, 3.8) is 0 Å². The van der Waals surface area contributed by atoms with E-state index in [1.54, 1.807) is 24.0 Å².